The number of anilines is 2. The van der Waals surface area contributed by atoms with Crippen molar-refractivity contribution in [1.82, 2.24) is 4.98 Å². The third-order valence-corrected chi connectivity index (χ3v) is 2.70. The van der Waals surface area contributed by atoms with E-state index in [2.05, 4.69) is 11.1 Å². The highest BCUT2D eigenvalue weighted by Crippen LogP contribution is 2.18. The average Bonchev–Trinajstić information content (AvgIpc) is 2.41. The van der Waals surface area contributed by atoms with Gasteiger partial charge in [0, 0.05) is 25.5 Å². The zero-order valence-electron chi connectivity index (χ0n) is 10.2. The maximum atomic E-state index is 9.01. The number of nitrogen functional groups attached to an aromatic ring is 1. The van der Waals surface area contributed by atoms with E-state index >= 15 is 0 Å². The maximum absolute atomic E-state index is 9.01. The Labute approximate surface area is 106 Å². The summed E-state index contributed by atoms with van der Waals surface area (Å²) in [4.78, 5) is 6.05. The van der Waals surface area contributed by atoms with Crippen molar-refractivity contribution in [1.29, 1.82) is 5.26 Å². The molecule has 2 N–H and O–H groups in total. The summed E-state index contributed by atoms with van der Waals surface area (Å²) in [6, 6.07) is 13.5. The quantitative estimate of drug-likeness (QED) is 0.832. The molecule has 2 aromatic rings. The predicted octanol–water partition coefficient (Wildman–Crippen LogP) is 2.17. The lowest BCUT2D eigenvalue weighted by Crippen LogP contribution is -2.17. The van der Waals surface area contributed by atoms with Crippen molar-refractivity contribution < 1.29 is 0 Å². The molecule has 0 aliphatic heterocycles. The Morgan fingerprint density at radius 3 is 2.67 bits per heavy atom. The lowest BCUT2D eigenvalue weighted by molar-refractivity contribution is 0.914. The molecule has 0 atom stereocenters. The fourth-order valence-corrected chi connectivity index (χ4v) is 1.77. The van der Waals surface area contributed by atoms with Crippen LogP contribution >= 0.6 is 0 Å². The molecule has 1 aromatic heterocycles. The second kappa shape index (κ2) is 5.19. The van der Waals surface area contributed by atoms with Gasteiger partial charge in [-0.05, 0) is 29.8 Å². The van der Waals surface area contributed by atoms with Gasteiger partial charge in [0.2, 0.25) is 0 Å². The molecule has 0 aliphatic carbocycles. The van der Waals surface area contributed by atoms with Crippen molar-refractivity contribution in [2.75, 3.05) is 17.7 Å². The average molecular weight is 238 g/mol. The maximum Gasteiger partial charge on any atom is 0.163 e. The molecule has 0 saturated carbocycles. The number of hydrogen-bond donors (Lipinski definition) is 1. The molecule has 1 heterocycles. The second-order valence-electron chi connectivity index (χ2n) is 4.08. The van der Waals surface area contributed by atoms with E-state index in [1.54, 1.807) is 6.20 Å². The van der Waals surface area contributed by atoms with Crippen LogP contribution in [0.4, 0.5) is 11.4 Å². The highest BCUT2D eigenvalue weighted by molar-refractivity contribution is 5.55. The minimum absolute atomic E-state index is 0.440. The van der Waals surface area contributed by atoms with Crippen molar-refractivity contribution in [2.45, 2.75) is 6.54 Å². The lowest BCUT2D eigenvalue weighted by atomic mass is 10.2. The highest BCUT2D eigenvalue weighted by atomic mass is 15.1. The SMILES string of the molecule is CN(Cc1ccc(N)cc1)c1cccnc1C#N. The number of hydrogen-bond acceptors (Lipinski definition) is 4. The van der Waals surface area contributed by atoms with Crippen LogP contribution in [0.1, 0.15) is 11.3 Å². The van der Waals surface area contributed by atoms with Gasteiger partial charge in [-0.15, -0.1) is 0 Å². The zero-order valence-corrected chi connectivity index (χ0v) is 10.2. The van der Waals surface area contributed by atoms with Crippen molar-refractivity contribution in [3.63, 3.8) is 0 Å². The first kappa shape index (κ1) is 11.9. The van der Waals surface area contributed by atoms with Crippen LogP contribution in [0, 0.1) is 11.3 Å². The van der Waals surface area contributed by atoms with E-state index in [0.29, 0.717) is 12.2 Å². The summed E-state index contributed by atoms with van der Waals surface area (Å²) < 4.78 is 0. The largest absolute Gasteiger partial charge is 0.399 e. The van der Waals surface area contributed by atoms with Gasteiger partial charge < -0.3 is 10.6 Å². The van der Waals surface area contributed by atoms with Gasteiger partial charge >= 0.3 is 0 Å². The molecule has 0 aliphatic rings. The van der Waals surface area contributed by atoms with E-state index in [1.807, 2.05) is 48.3 Å². The minimum Gasteiger partial charge on any atom is -0.399 e. The van der Waals surface area contributed by atoms with Gasteiger partial charge in [-0.2, -0.15) is 5.26 Å². The van der Waals surface area contributed by atoms with E-state index < -0.39 is 0 Å². The van der Waals surface area contributed by atoms with Crippen molar-refractivity contribution in [3.05, 3.63) is 53.9 Å². The van der Waals surface area contributed by atoms with Gasteiger partial charge in [0.1, 0.15) is 6.07 Å². The Bertz CT molecular complexity index is 569. The molecular formula is C14H14N4. The summed E-state index contributed by atoms with van der Waals surface area (Å²) in [5.41, 5.74) is 8.81. The molecule has 90 valence electrons. The fourth-order valence-electron chi connectivity index (χ4n) is 1.77. The van der Waals surface area contributed by atoms with E-state index in [1.165, 1.54) is 0 Å². The number of aromatic nitrogens is 1. The number of nitrogens with two attached hydrogens (primary N) is 1. The van der Waals surface area contributed by atoms with Crippen molar-refractivity contribution in [2.24, 2.45) is 0 Å². The molecule has 0 spiro atoms. The first-order valence-electron chi connectivity index (χ1n) is 5.61. The van der Waals surface area contributed by atoms with E-state index in [4.69, 9.17) is 11.0 Å². The summed E-state index contributed by atoms with van der Waals surface area (Å²) in [6.07, 6.45) is 1.62. The van der Waals surface area contributed by atoms with Crippen LogP contribution in [0.25, 0.3) is 0 Å². The molecule has 0 saturated heterocycles. The molecule has 0 amide bonds. The van der Waals surface area contributed by atoms with Crippen LogP contribution in [0.3, 0.4) is 0 Å². The second-order valence-corrected chi connectivity index (χ2v) is 4.08. The Balaban J connectivity index is 2.19. The summed E-state index contributed by atoms with van der Waals surface area (Å²) in [6.45, 7) is 0.709. The van der Waals surface area contributed by atoms with Gasteiger partial charge in [-0.1, -0.05) is 12.1 Å². The lowest BCUT2D eigenvalue weighted by Gasteiger charge is -2.19. The molecule has 4 nitrogen and oxygen atoms in total. The molecule has 0 radical (unpaired) electrons. The third-order valence-electron chi connectivity index (χ3n) is 2.70. The molecule has 18 heavy (non-hydrogen) atoms. The van der Waals surface area contributed by atoms with Gasteiger partial charge in [-0.3, -0.25) is 0 Å². The van der Waals surface area contributed by atoms with Crippen LogP contribution in [-0.4, -0.2) is 12.0 Å². The Morgan fingerprint density at radius 1 is 1.28 bits per heavy atom. The summed E-state index contributed by atoms with van der Waals surface area (Å²) >= 11 is 0. The summed E-state index contributed by atoms with van der Waals surface area (Å²) in [5, 5.41) is 9.01. The van der Waals surface area contributed by atoms with E-state index in [-0.39, 0.29) is 0 Å². The smallest absolute Gasteiger partial charge is 0.163 e. The van der Waals surface area contributed by atoms with E-state index in [0.717, 1.165) is 16.9 Å². The van der Waals surface area contributed by atoms with Crippen LogP contribution in [-0.2, 0) is 6.54 Å². The van der Waals surface area contributed by atoms with Gasteiger partial charge in [-0.25, -0.2) is 4.98 Å². The number of nitriles is 1. The first-order valence-corrected chi connectivity index (χ1v) is 5.61. The van der Waals surface area contributed by atoms with Crippen LogP contribution in [0.15, 0.2) is 42.6 Å². The molecule has 0 bridgehead atoms. The summed E-state index contributed by atoms with van der Waals surface area (Å²) in [7, 11) is 1.94. The number of benzene rings is 1. The standard InChI is InChI=1S/C14H14N4/c1-18(10-11-4-6-12(16)7-5-11)14-3-2-8-17-13(14)9-15/h2-8H,10,16H2,1H3. The van der Waals surface area contributed by atoms with Gasteiger partial charge in [0.15, 0.2) is 5.69 Å². The van der Waals surface area contributed by atoms with Gasteiger partial charge in [0.05, 0.1) is 5.69 Å². The van der Waals surface area contributed by atoms with Crippen molar-refractivity contribution >= 4 is 11.4 Å². The van der Waals surface area contributed by atoms with Crippen LogP contribution in [0.2, 0.25) is 0 Å². The first-order chi connectivity index (χ1) is 8.70. The molecule has 1 aromatic carbocycles. The van der Waals surface area contributed by atoms with Gasteiger partial charge in [0.25, 0.3) is 0 Å². The number of rotatable bonds is 3. The zero-order chi connectivity index (χ0) is 13.0. The predicted molar refractivity (Wildman–Crippen MR) is 71.9 cm³/mol. The molecule has 2 rings (SSSR count). The number of nitrogens with zero attached hydrogens (tertiary/aromatic N) is 3. The Hall–Kier alpha value is -2.54. The van der Waals surface area contributed by atoms with Crippen molar-refractivity contribution in [3.8, 4) is 6.07 Å². The van der Waals surface area contributed by atoms with E-state index in [9.17, 15) is 0 Å². The topological polar surface area (TPSA) is 65.9 Å². The Kier molecular flexibility index (Phi) is 3.44. The third kappa shape index (κ3) is 2.58. The molecule has 0 fully saturated rings. The fraction of sp³-hybridized carbons (Fsp3) is 0.143. The Morgan fingerprint density at radius 2 is 2.00 bits per heavy atom. The highest BCUT2D eigenvalue weighted by Gasteiger charge is 2.07. The molecular weight excluding hydrogens is 224 g/mol. The summed E-state index contributed by atoms with van der Waals surface area (Å²) in [5.74, 6) is 0. The monoisotopic (exact) mass is 238 g/mol. The van der Waals surface area contributed by atoms with Crippen LogP contribution < -0.4 is 10.6 Å². The molecule has 0 unspecified atom stereocenters. The normalized spacial score (nSPS) is 9.78. The minimum atomic E-state index is 0.440. The number of pyridine rings is 1. The molecule has 4 heteroatoms. The van der Waals surface area contributed by atoms with Crippen LogP contribution in [0.5, 0.6) is 0 Å².